The predicted octanol–water partition coefficient (Wildman–Crippen LogP) is 2.86. The van der Waals surface area contributed by atoms with E-state index < -0.39 is 13.6 Å². The summed E-state index contributed by atoms with van der Waals surface area (Å²) in [7, 11) is -0.814. The molecule has 1 aromatic rings. The highest BCUT2D eigenvalue weighted by molar-refractivity contribution is 7.73. The van der Waals surface area contributed by atoms with Gasteiger partial charge in [-0.05, 0) is 11.1 Å². The van der Waals surface area contributed by atoms with E-state index in [0.29, 0.717) is 0 Å². The first kappa shape index (κ1) is 7.75. The minimum Gasteiger partial charge on any atom is -0.478 e. The molecule has 12 heavy (non-hydrogen) atoms. The number of hydrogen-bond donors (Lipinski definition) is 1. The van der Waals surface area contributed by atoms with Crippen molar-refractivity contribution < 1.29 is 9.90 Å². The fourth-order valence-electron chi connectivity index (χ4n) is 1.47. The second-order valence-corrected chi connectivity index (χ2v) is 5.00. The number of hydrogen-bond acceptors (Lipinski definition) is 1. The van der Waals surface area contributed by atoms with Gasteiger partial charge in [-0.3, -0.25) is 0 Å². The maximum Gasteiger partial charge on any atom is 0.324 e. The van der Waals surface area contributed by atoms with Gasteiger partial charge < -0.3 is 5.11 Å². The number of carboxylic acid groups (broad SMARTS) is 1. The second-order valence-electron chi connectivity index (χ2n) is 2.91. The van der Waals surface area contributed by atoms with Crippen molar-refractivity contribution in [1.29, 1.82) is 0 Å². The Morgan fingerprint density at radius 3 is 2.17 bits per heavy atom. The van der Waals surface area contributed by atoms with Gasteiger partial charge in [0.05, 0.1) is 0 Å². The van der Waals surface area contributed by atoms with Gasteiger partial charge in [-0.25, -0.2) is 4.79 Å². The lowest BCUT2D eigenvalue weighted by Crippen LogP contribution is -1.87. The van der Waals surface area contributed by atoms with Crippen LogP contribution in [0.1, 0.15) is 11.1 Å². The molecule has 62 valence electrons. The van der Waals surface area contributed by atoms with Crippen molar-refractivity contribution in [2.24, 2.45) is 0 Å². The average Bonchev–Trinajstić information content (AvgIpc) is 2.46. The topological polar surface area (TPSA) is 37.3 Å². The zero-order valence-electron chi connectivity index (χ0n) is 6.53. The molecule has 2 rings (SSSR count). The Hall–Kier alpha value is -0.880. The molecule has 2 nitrogen and oxygen atoms in total. The van der Waals surface area contributed by atoms with Crippen LogP contribution in [-0.4, -0.2) is 10.8 Å². The van der Waals surface area contributed by atoms with Gasteiger partial charge in [0.1, 0.15) is 0 Å². The third-order valence-corrected chi connectivity index (χ3v) is 4.10. The summed E-state index contributed by atoms with van der Waals surface area (Å²) in [6, 6.07) is 8.00. The van der Waals surface area contributed by atoms with E-state index in [1.165, 1.54) is 11.1 Å². The molecule has 0 aliphatic carbocycles. The van der Waals surface area contributed by atoms with Gasteiger partial charge >= 0.3 is 5.71 Å². The number of benzene rings is 1. The highest BCUT2D eigenvalue weighted by atomic mass is 31.1. The van der Waals surface area contributed by atoms with Gasteiger partial charge in [0.25, 0.3) is 0 Å². The van der Waals surface area contributed by atoms with E-state index in [1.54, 1.807) is 0 Å². The molecule has 0 radical (unpaired) electrons. The molecule has 0 spiro atoms. The monoisotopic (exact) mass is 180 g/mol. The van der Waals surface area contributed by atoms with Crippen molar-refractivity contribution >= 4 is 13.6 Å². The summed E-state index contributed by atoms with van der Waals surface area (Å²) in [5.74, 6) is 0. The van der Waals surface area contributed by atoms with E-state index >= 15 is 0 Å². The van der Waals surface area contributed by atoms with Crippen LogP contribution in [0.5, 0.6) is 0 Å². The van der Waals surface area contributed by atoms with Crippen molar-refractivity contribution in [3.8, 4) is 0 Å². The minimum atomic E-state index is -0.814. The Bertz CT molecular complexity index is 297. The molecule has 0 aromatic heterocycles. The highest BCUT2D eigenvalue weighted by Crippen LogP contribution is 2.50. The van der Waals surface area contributed by atoms with Crippen molar-refractivity contribution in [3.63, 3.8) is 0 Å². The Balaban J connectivity index is 2.27. The lowest BCUT2D eigenvalue weighted by Gasteiger charge is -1.99. The molecule has 0 fully saturated rings. The van der Waals surface area contributed by atoms with E-state index in [4.69, 9.17) is 5.11 Å². The van der Waals surface area contributed by atoms with E-state index in [0.717, 1.165) is 12.3 Å². The lowest BCUT2D eigenvalue weighted by atomic mass is 10.1. The van der Waals surface area contributed by atoms with Crippen molar-refractivity contribution in [2.45, 2.75) is 12.3 Å². The molecule has 1 aromatic carbocycles. The van der Waals surface area contributed by atoms with E-state index in [1.807, 2.05) is 24.3 Å². The van der Waals surface area contributed by atoms with Gasteiger partial charge in [0, 0.05) is 20.2 Å². The van der Waals surface area contributed by atoms with Crippen molar-refractivity contribution in [2.75, 3.05) is 0 Å². The zero-order chi connectivity index (χ0) is 8.55. The van der Waals surface area contributed by atoms with Crippen LogP contribution in [0.25, 0.3) is 0 Å². The van der Waals surface area contributed by atoms with Crippen LogP contribution in [-0.2, 0) is 12.3 Å². The Kier molecular flexibility index (Phi) is 1.86. The van der Waals surface area contributed by atoms with Crippen LogP contribution >= 0.6 is 7.92 Å². The highest BCUT2D eigenvalue weighted by Gasteiger charge is 2.25. The normalized spacial score (nSPS) is 16.0. The van der Waals surface area contributed by atoms with Gasteiger partial charge in [0.15, 0.2) is 0 Å². The number of fused-ring (bicyclic) bond motifs is 1. The van der Waals surface area contributed by atoms with Gasteiger partial charge in [-0.1, -0.05) is 24.3 Å². The summed E-state index contributed by atoms with van der Waals surface area (Å²) in [6.07, 6.45) is 1.53. The third-order valence-electron chi connectivity index (χ3n) is 2.11. The Labute approximate surface area is 72.0 Å². The molecule has 0 atom stereocenters. The van der Waals surface area contributed by atoms with Crippen LogP contribution < -0.4 is 0 Å². The second kappa shape index (κ2) is 2.87. The Morgan fingerprint density at radius 1 is 1.25 bits per heavy atom. The molecule has 3 heteroatoms. The first-order valence-electron chi connectivity index (χ1n) is 3.82. The smallest absolute Gasteiger partial charge is 0.324 e. The minimum absolute atomic E-state index is 0.610. The number of rotatable bonds is 1. The molecule has 0 bridgehead atoms. The van der Waals surface area contributed by atoms with Gasteiger partial charge in [-0.2, -0.15) is 0 Å². The summed E-state index contributed by atoms with van der Waals surface area (Å²) in [6.45, 7) is 0. The summed E-state index contributed by atoms with van der Waals surface area (Å²) in [5.41, 5.74) is 1.85. The fraction of sp³-hybridized carbons (Fsp3) is 0.222. The van der Waals surface area contributed by atoms with Crippen LogP contribution in [0.2, 0.25) is 0 Å². The molecule has 0 saturated carbocycles. The van der Waals surface area contributed by atoms with Gasteiger partial charge in [-0.15, -0.1) is 0 Å². The predicted molar refractivity (Wildman–Crippen MR) is 48.8 cm³/mol. The summed E-state index contributed by atoms with van der Waals surface area (Å²) < 4.78 is 0. The van der Waals surface area contributed by atoms with Crippen molar-refractivity contribution in [1.82, 2.24) is 0 Å². The third kappa shape index (κ3) is 1.23. The standard InChI is InChI=1S/C9H9O2P/c10-9(11)12-5-7-3-1-2-4-8(7)6-12/h1-4H,5-6H2,(H,10,11). The van der Waals surface area contributed by atoms with Crippen LogP contribution in [0.3, 0.4) is 0 Å². The molecule has 1 N–H and O–H groups in total. The molecular formula is C9H9O2P. The van der Waals surface area contributed by atoms with Crippen LogP contribution in [0.15, 0.2) is 24.3 Å². The van der Waals surface area contributed by atoms with Crippen molar-refractivity contribution in [3.05, 3.63) is 35.4 Å². The molecular weight excluding hydrogens is 171 g/mol. The van der Waals surface area contributed by atoms with Gasteiger partial charge in [0.2, 0.25) is 0 Å². The quantitative estimate of drug-likeness (QED) is 0.674. The summed E-state index contributed by atoms with van der Waals surface area (Å²) in [4.78, 5) is 10.7. The lowest BCUT2D eigenvalue weighted by molar-refractivity contribution is 0.221. The molecule has 0 unspecified atom stereocenters. The zero-order valence-corrected chi connectivity index (χ0v) is 7.42. The molecule has 1 aliphatic rings. The summed E-state index contributed by atoms with van der Waals surface area (Å²) >= 11 is 0. The van der Waals surface area contributed by atoms with E-state index in [-0.39, 0.29) is 0 Å². The Morgan fingerprint density at radius 2 is 1.75 bits per heavy atom. The maximum atomic E-state index is 10.7. The van der Waals surface area contributed by atoms with Crippen LogP contribution in [0, 0.1) is 0 Å². The molecule has 1 aliphatic heterocycles. The average molecular weight is 180 g/mol. The van der Waals surface area contributed by atoms with E-state index in [2.05, 4.69) is 0 Å². The first-order chi connectivity index (χ1) is 5.77. The molecule has 0 amide bonds. The largest absolute Gasteiger partial charge is 0.478 e. The first-order valence-corrected chi connectivity index (χ1v) is 5.53. The molecule has 0 saturated heterocycles. The van der Waals surface area contributed by atoms with Crippen LogP contribution in [0.4, 0.5) is 4.79 Å². The van der Waals surface area contributed by atoms with E-state index in [9.17, 15) is 4.79 Å². The fourth-order valence-corrected chi connectivity index (χ4v) is 3.29. The molecule has 1 heterocycles. The maximum absolute atomic E-state index is 10.7. The summed E-state index contributed by atoms with van der Waals surface area (Å²) in [5, 5.41) is 8.81. The number of carbonyl (C=O) groups is 1. The SMILES string of the molecule is O=C(O)P1Cc2ccccc2C1.